The quantitative estimate of drug-likeness (QED) is 0.618. The summed E-state index contributed by atoms with van der Waals surface area (Å²) in [5.41, 5.74) is 0. The van der Waals surface area contributed by atoms with Crippen LogP contribution in [0.1, 0.15) is 6.92 Å². The van der Waals surface area contributed by atoms with Crippen molar-refractivity contribution < 1.29 is 24.3 Å². The smallest absolute Gasteiger partial charge is 0.325 e. The van der Waals surface area contributed by atoms with Gasteiger partial charge in [0.1, 0.15) is 6.54 Å². The molecule has 2 N–H and O–H groups in total. The van der Waals surface area contributed by atoms with Gasteiger partial charge in [0.25, 0.3) is 5.91 Å². The first-order valence-corrected chi connectivity index (χ1v) is 5.99. The summed E-state index contributed by atoms with van der Waals surface area (Å²) in [6, 6.07) is -0.561. The molecule has 2 aliphatic heterocycles. The molecule has 2 aliphatic rings. The zero-order chi connectivity index (χ0) is 14.2. The number of nitrogens with one attached hydrogen (secondary N) is 1. The highest BCUT2D eigenvalue weighted by molar-refractivity contribution is 6.04. The Morgan fingerprint density at radius 2 is 2.05 bits per heavy atom. The zero-order valence-corrected chi connectivity index (χ0v) is 10.5. The van der Waals surface area contributed by atoms with Crippen molar-refractivity contribution in [3.63, 3.8) is 0 Å². The molecular weight excluding hydrogens is 254 g/mol. The van der Waals surface area contributed by atoms with Crippen molar-refractivity contribution in [3.05, 3.63) is 0 Å². The van der Waals surface area contributed by atoms with Crippen molar-refractivity contribution in [1.29, 1.82) is 0 Å². The van der Waals surface area contributed by atoms with E-state index in [4.69, 9.17) is 5.11 Å². The van der Waals surface area contributed by atoms with Gasteiger partial charge in [-0.1, -0.05) is 6.92 Å². The minimum Gasteiger partial charge on any atom is -0.481 e. The SMILES string of the molecule is CC(C(=O)O)C1CN(C(=O)CN2C(=O)CNC2=O)C1. The van der Waals surface area contributed by atoms with Crippen molar-refractivity contribution in [2.24, 2.45) is 11.8 Å². The van der Waals surface area contributed by atoms with Gasteiger partial charge in [-0.3, -0.25) is 19.3 Å². The number of carboxylic acids is 1. The second-order valence-electron chi connectivity index (χ2n) is 4.82. The van der Waals surface area contributed by atoms with Crippen molar-refractivity contribution in [3.8, 4) is 0 Å². The van der Waals surface area contributed by atoms with Gasteiger partial charge in [0, 0.05) is 19.0 Å². The van der Waals surface area contributed by atoms with Crippen molar-refractivity contribution in [2.75, 3.05) is 26.2 Å². The molecule has 2 rings (SSSR count). The van der Waals surface area contributed by atoms with Crippen LogP contribution in [0.2, 0.25) is 0 Å². The zero-order valence-electron chi connectivity index (χ0n) is 10.5. The molecule has 0 radical (unpaired) electrons. The first kappa shape index (κ1) is 13.3. The lowest BCUT2D eigenvalue weighted by molar-refractivity contribution is -0.151. The summed E-state index contributed by atoms with van der Waals surface area (Å²) in [5, 5.41) is 11.2. The van der Waals surface area contributed by atoms with E-state index >= 15 is 0 Å². The summed E-state index contributed by atoms with van der Waals surface area (Å²) < 4.78 is 0. The molecular formula is C11H15N3O5. The molecule has 2 saturated heterocycles. The highest BCUT2D eigenvalue weighted by Gasteiger charge is 2.39. The summed E-state index contributed by atoms with van der Waals surface area (Å²) in [6.45, 7) is 1.96. The predicted octanol–water partition coefficient (Wildman–Crippen LogP) is -1.28. The fraction of sp³-hybridized carbons (Fsp3) is 0.636. The maximum Gasteiger partial charge on any atom is 0.325 e. The van der Waals surface area contributed by atoms with Gasteiger partial charge in [0.05, 0.1) is 12.5 Å². The second-order valence-corrected chi connectivity index (χ2v) is 4.82. The number of amides is 4. The Bertz CT molecular complexity index is 428. The minimum absolute atomic E-state index is 0.0652. The number of imide groups is 1. The Hall–Kier alpha value is -2.12. The number of carbonyl (C=O) groups excluding carboxylic acids is 3. The number of hydrogen-bond acceptors (Lipinski definition) is 4. The van der Waals surface area contributed by atoms with Gasteiger partial charge in [0.2, 0.25) is 5.91 Å². The van der Waals surface area contributed by atoms with Crippen molar-refractivity contribution >= 4 is 23.8 Å². The number of carboxylic acid groups (broad SMARTS) is 1. The van der Waals surface area contributed by atoms with E-state index in [0.29, 0.717) is 13.1 Å². The summed E-state index contributed by atoms with van der Waals surface area (Å²) in [7, 11) is 0. The average Bonchev–Trinajstić information content (AvgIpc) is 2.58. The van der Waals surface area contributed by atoms with Crippen LogP contribution in [0.3, 0.4) is 0 Å². The molecule has 1 atom stereocenters. The molecule has 0 aliphatic carbocycles. The molecule has 4 amide bonds. The largest absolute Gasteiger partial charge is 0.481 e. The lowest BCUT2D eigenvalue weighted by Crippen LogP contribution is -2.56. The molecule has 1 unspecified atom stereocenters. The third kappa shape index (κ3) is 2.51. The van der Waals surface area contributed by atoms with Gasteiger partial charge < -0.3 is 15.3 Å². The molecule has 0 aromatic carbocycles. The summed E-state index contributed by atoms with van der Waals surface area (Å²) in [6.07, 6.45) is 0. The summed E-state index contributed by atoms with van der Waals surface area (Å²) in [5.74, 6) is -2.20. The molecule has 104 valence electrons. The molecule has 0 saturated carbocycles. The van der Waals surface area contributed by atoms with E-state index in [0.717, 1.165) is 4.90 Å². The number of rotatable bonds is 4. The number of nitrogens with zero attached hydrogens (tertiary/aromatic N) is 2. The van der Waals surface area contributed by atoms with Gasteiger partial charge in [-0.25, -0.2) is 4.79 Å². The Kier molecular flexibility index (Phi) is 3.41. The molecule has 19 heavy (non-hydrogen) atoms. The fourth-order valence-corrected chi connectivity index (χ4v) is 2.08. The summed E-state index contributed by atoms with van der Waals surface area (Å²) in [4.78, 5) is 47.5. The van der Waals surface area contributed by atoms with E-state index in [1.165, 1.54) is 4.90 Å². The first-order valence-electron chi connectivity index (χ1n) is 5.99. The van der Waals surface area contributed by atoms with Gasteiger partial charge in [0.15, 0.2) is 0 Å². The normalized spacial score (nSPS) is 21.1. The Balaban J connectivity index is 1.82. The summed E-state index contributed by atoms with van der Waals surface area (Å²) >= 11 is 0. The van der Waals surface area contributed by atoms with E-state index in [-0.39, 0.29) is 24.9 Å². The molecule has 8 nitrogen and oxygen atoms in total. The molecule has 0 spiro atoms. The van der Waals surface area contributed by atoms with Crippen LogP contribution in [-0.4, -0.2) is 64.9 Å². The van der Waals surface area contributed by atoms with Crippen molar-refractivity contribution in [2.45, 2.75) is 6.92 Å². The maximum absolute atomic E-state index is 11.8. The minimum atomic E-state index is -0.883. The molecule has 0 bridgehead atoms. The molecule has 2 fully saturated rings. The fourth-order valence-electron chi connectivity index (χ4n) is 2.08. The van der Waals surface area contributed by atoms with Crippen LogP contribution >= 0.6 is 0 Å². The standard InChI is InChI=1S/C11H15N3O5/c1-6(10(17)18)7-3-13(4-7)9(16)5-14-8(15)2-12-11(14)19/h6-7H,2-5H2,1H3,(H,12,19)(H,17,18). The van der Waals surface area contributed by atoms with E-state index < -0.39 is 23.8 Å². The van der Waals surface area contributed by atoms with Gasteiger partial charge in [-0.15, -0.1) is 0 Å². The number of hydrogen-bond donors (Lipinski definition) is 2. The molecule has 8 heteroatoms. The van der Waals surface area contributed by atoms with E-state index in [1.54, 1.807) is 6.92 Å². The van der Waals surface area contributed by atoms with Crippen LogP contribution < -0.4 is 5.32 Å². The highest BCUT2D eigenvalue weighted by atomic mass is 16.4. The number of urea groups is 1. The average molecular weight is 269 g/mol. The molecule has 0 aromatic rings. The van der Waals surface area contributed by atoms with Crippen LogP contribution in [0.15, 0.2) is 0 Å². The van der Waals surface area contributed by atoms with E-state index in [9.17, 15) is 19.2 Å². The third-order valence-electron chi connectivity index (χ3n) is 3.59. The lowest BCUT2D eigenvalue weighted by atomic mass is 9.87. The predicted molar refractivity (Wildman–Crippen MR) is 62.0 cm³/mol. The van der Waals surface area contributed by atoms with Crippen LogP contribution in [0.5, 0.6) is 0 Å². The van der Waals surface area contributed by atoms with Gasteiger partial charge >= 0.3 is 12.0 Å². The Morgan fingerprint density at radius 3 is 2.53 bits per heavy atom. The third-order valence-corrected chi connectivity index (χ3v) is 3.59. The lowest BCUT2D eigenvalue weighted by Gasteiger charge is -2.41. The number of carbonyl (C=O) groups is 4. The van der Waals surface area contributed by atoms with E-state index in [1.807, 2.05) is 0 Å². The van der Waals surface area contributed by atoms with Crippen LogP contribution in [-0.2, 0) is 14.4 Å². The number of aliphatic carboxylic acids is 1. The van der Waals surface area contributed by atoms with Gasteiger partial charge in [-0.2, -0.15) is 0 Å². The van der Waals surface area contributed by atoms with Crippen LogP contribution in [0, 0.1) is 11.8 Å². The van der Waals surface area contributed by atoms with Gasteiger partial charge in [-0.05, 0) is 0 Å². The monoisotopic (exact) mass is 269 g/mol. The molecule has 0 aromatic heterocycles. The maximum atomic E-state index is 11.8. The topological polar surface area (TPSA) is 107 Å². The van der Waals surface area contributed by atoms with Crippen molar-refractivity contribution in [1.82, 2.24) is 15.1 Å². The highest BCUT2D eigenvalue weighted by Crippen LogP contribution is 2.24. The first-order chi connectivity index (χ1) is 8.90. The Morgan fingerprint density at radius 1 is 1.42 bits per heavy atom. The molecule has 2 heterocycles. The van der Waals surface area contributed by atoms with Crippen LogP contribution in [0.4, 0.5) is 4.79 Å². The second kappa shape index (κ2) is 4.87. The Labute approximate surface area is 109 Å². The number of likely N-dealkylation sites (tertiary alicyclic amines) is 1. The van der Waals surface area contributed by atoms with Crippen LogP contribution in [0.25, 0.3) is 0 Å². The van der Waals surface area contributed by atoms with E-state index in [2.05, 4.69) is 5.32 Å².